The first-order valence-electron chi connectivity index (χ1n) is 8.52. The molecule has 0 aliphatic carbocycles. The topological polar surface area (TPSA) is 39.1 Å². The van der Waals surface area contributed by atoms with Crippen molar-refractivity contribution in [3.63, 3.8) is 0 Å². The normalized spacial score (nSPS) is 16.9. The number of benzene rings is 2. The first kappa shape index (κ1) is 15.8. The first-order chi connectivity index (χ1) is 12.3. The monoisotopic (exact) mass is 337 g/mol. The summed E-state index contributed by atoms with van der Waals surface area (Å²) in [6.07, 6.45) is 3.15. The van der Waals surface area contributed by atoms with E-state index < -0.39 is 0 Å². The van der Waals surface area contributed by atoms with Gasteiger partial charge in [-0.15, -0.1) is 0 Å². The van der Waals surface area contributed by atoms with Crippen LogP contribution in [-0.4, -0.2) is 22.9 Å². The second-order valence-electron chi connectivity index (χ2n) is 6.23. The van der Waals surface area contributed by atoms with E-state index in [1.807, 2.05) is 41.2 Å². The zero-order valence-electron chi connectivity index (χ0n) is 13.9. The van der Waals surface area contributed by atoms with Crippen LogP contribution in [0, 0.1) is 5.82 Å². The summed E-state index contributed by atoms with van der Waals surface area (Å²) in [5.74, 6) is 0.470. The van der Waals surface area contributed by atoms with Crippen LogP contribution in [0.25, 0.3) is 11.3 Å². The van der Waals surface area contributed by atoms with E-state index in [0.717, 1.165) is 30.8 Å². The number of nitrogens with one attached hydrogen (secondary N) is 1. The molecule has 5 heteroatoms. The van der Waals surface area contributed by atoms with Crippen LogP contribution >= 0.6 is 0 Å². The van der Waals surface area contributed by atoms with Crippen LogP contribution in [0.15, 0.2) is 60.8 Å². The van der Waals surface area contributed by atoms with Crippen LogP contribution in [0.4, 0.5) is 4.39 Å². The molecule has 0 amide bonds. The lowest BCUT2D eigenvalue weighted by Gasteiger charge is -2.09. The van der Waals surface area contributed by atoms with Crippen molar-refractivity contribution >= 4 is 0 Å². The molecule has 0 spiro atoms. The summed E-state index contributed by atoms with van der Waals surface area (Å²) in [7, 11) is 0. The average Bonchev–Trinajstić information content (AvgIpc) is 3.33. The molecule has 0 bridgehead atoms. The fourth-order valence-corrected chi connectivity index (χ4v) is 3.06. The molecule has 1 saturated heterocycles. The Balaban J connectivity index is 1.42. The van der Waals surface area contributed by atoms with Crippen molar-refractivity contribution in [2.45, 2.75) is 19.1 Å². The molecule has 3 aromatic rings. The zero-order valence-corrected chi connectivity index (χ0v) is 13.9. The van der Waals surface area contributed by atoms with Crippen LogP contribution in [0.5, 0.6) is 5.75 Å². The average molecular weight is 337 g/mol. The lowest BCUT2D eigenvalue weighted by molar-refractivity contribution is 0.300. The Kier molecular flexibility index (Phi) is 4.48. The molecule has 2 heterocycles. The van der Waals surface area contributed by atoms with Crippen LogP contribution < -0.4 is 10.1 Å². The molecule has 1 aliphatic rings. The second kappa shape index (κ2) is 7.07. The molecule has 128 valence electrons. The maximum atomic E-state index is 13.6. The molecule has 4 rings (SSSR count). The lowest BCUT2D eigenvalue weighted by Crippen LogP contribution is -2.13. The third-order valence-electron chi connectivity index (χ3n) is 4.52. The Morgan fingerprint density at radius 1 is 1.12 bits per heavy atom. The predicted molar refractivity (Wildman–Crippen MR) is 94.9 cm³/mol. The molecule has 1 fully saturated rings. The third kappa shape index (κ3) is 3.56. The van der Waals surface area contributed by atoms with Crippen molar-refractivity contribution in [3.05, 3.63) is 72.2 Å². The van der Waals surface area contributed by atoms with Gasteiger partial charge >= 0.3 is 0 Å². The smallest absolute Gasteiger partial charge is 0.129 e. The van der Waals surface area contributed by atoms with Crippen molar-refractivity contribution in [1.82, 2.24) is 15.1 Å². The minimum Gasteiger partial charge on any atom is -0.489 e. The van der Waals surface area contributed by atoms with Gasteiger partial charge in [-0.1, -0.05) is 18.2 Å². The van der Waals surface area contributed by atoms with Gasteiger partial charge in [0.25, 0.3) is 0 Å². The van der Waals surface area contributed by atoms with E-state index in [4.69, 9.17) is 4.74 Å². The molecule has 1 aliphatic heterocycles. The SMILES string of the molecule is Fc1ccccc1COc1ccc(-c2ccn(C3CCNC3)n2)cc1. The molecule has 1 N–H and O–H groups in total. The Morgan fingerprint density at radius 2 is 1.96 bits per heavy atom. The summed E-state index contributed by atoms with van der Waals surface area (Å²) in [4.78, 5) is 0. The molecule has 2 aromatic carbocycles. The largest absolute Gasteiger partial charge is 0.489 e. The molecular formula is C20H20FN3O. The van der Waals surface area contributed by atoms with Crippen molar-refractivity contribution in [3.8, 4) is 17.0 Å². The highest BCUT2D eigenvalue weighted by Crippen LogP contribution is 2.23. The molecule has 1 atom stereocenters. The maximum absolute atomic E-state index is 13.6. The molecule has 4 nitrogen and oxygen atoms in total. The predicted octanol–water partition coefficient (Wildman–Crippen LogP) is 3.80. The number of hydrogen-bond acceptors (Lipinski definition) is 3. The number of aromatic nitrogens is 2. The minimum absolute atomic E-state index is 0.218. The van der Waals surface area contributed by atoms with Gasteiger partial charge in [0, 0.05) is 23.9 Å². The maximum Gasteiger partial charge on any atom is 0.129 e. The quantitative estimate of drug-likeness (QED) is 0.770. The van der Waals surface area contributed by atoms with E-state index in [1.54, 1.807) is 18.2 Å². The second-order valence-corrected chi connectivity index (χ2v) is 6.23. The first-order valence-corrected chi connectivity index (χ1v) is 8.52. The highest BCUT2D eigenvalue weighted by molar-refractivity contribution is 5.59. The van der Waals surface area contributed by atoms with Crippen LogP contribution in [-0.2, 0) is 6.61 Å². The van der Waals surface area contributed by atoms with Gasteiger partial charge in [0.05, 0.1) is 11.7 Å². The number of nitrogens with zero attached hydrogens (tertiary/aromatic N) is 2. The molecule has 1 unspecified atom stereocenters. The lowest BCUT2D eigenvalue weighted by atomic mass is 10.1. The summed E-state index contributed by atoms with van der Waals surface area (Å²) < 4.78 is 21.3. The van der Waals surface area contributed by atoms with E-state index in [1.165, 1.54) is 6.07 Å². The van der Waals surface area contributed by atoms with E-state index in [0.29, 0.717) is 17.4 Å². The highest BCUT2D eigenvalue weighted by Gasteiger charge is 2.17. The fourth-order valence-electron chi connectivity index (χ4n) is 3.06. The van der Waals surface area contributed by atoms with Crippen molar-refractivity contribution in [2.75, 3.05) is 13.1 Å². The summed E-state index contributed by atoms with van der Waals surface area (Å²) >= 11 is 0. The number of rotatable bonds is 5. The van der Waals surface area contributed by atoms with Crippen LogP contribution in [0.1, 0.15) is 18.0 Å². The molecule has 0 radical (unpaired) electrons. The van der Waals surface area contributed by atoms with Gasteiger partial charge in [0.1, 0.15) is 18.2 Å². The van der Waals surface area contributed by atoms with Crippen LogP contribution in [0.3, 0.4) is 0 Å². The van der Waals surface area contributed by atoms with Gasteiger partial charge in [0.15, 0.2) is 0 Å². The number of hydrogen-bond donors (Lipinski definition) is 1. The van der Waals surface area contributed by atoms with Gasteiger partial charge in [0.2, 0.25) is 0 Å². The molecular weight excluding hydrogens is 317 g/mol. The Hall–Kier alpha value is -2.66. The Labute approximate surface area is 146 Å². The Bertz CT molecular complexity index is 838. The third-order valence-corrected chi connectivity index (χ3v) is 4.52. The van der Waals surface area contributed by atoms with E-state index in [-0.39, 0.29) is 12.4 Å². The minimum atomic E-state index is -0.244. The Morgan fingerprint density at radius 3 is 2.72 bits per heavy atom. The summed E-state index contributed by atoms with van der Waals surface area (Å²) in [5.41, 5.74) is 2.55. The van der Waals surface area contributed by atoms with Gasteiger partial charge < -0.3 is 10.1 Å². The summed E-state index contributed by atoms with van der Waals surface area (Å²) in [6.45, 7) is 2.24. The van der Waals surface area contributed by atoms with Gasteiger partial charge in [-0.25, -0.2) is 4.39 Å². The van der Waals surface area contributed by atoms with Crippen molar-refractivity contribution in [1.29, 1.82) is 0 Å². The van der Waals surface area contributed by atoms with E-state index >= 15 is 0 Å². The molecule has 1 aromatic heterocycles. The highest BCUT2D eigenvalue weighted by atomic mass is 19.1. The number of ether oxygens (including phenoxy) is 1. The van der Waals surface area contributed by atoms with Gasteiger partial charge in [-0.05, 0) is 49.4 Å². The van der Waals surface area contributed by atoms with Gasteiger partial charge in [-0.3, -0.25) is 4.68 Å². The number of halogens is 1. The molecule has 0 saturated carbocycles. The van der Waals surface area contributed by atoms with E-state index in [2.05, 4.69) is 10.4 Å². The van der Waals surface area contributed by atoms with Crippen molar-refractivity contribution in [2.24, 2.45) is 0 Å². The molecule has 25 heavy (non-hydrogen) atoms. The van der Waals surface area contributed by atoms with E-state index in [9.17, 15) is 4.39 Å². The van der Waals surface area contributed by atoms with Gasteiger partial charge in [-0.2, -0.15) is 5.10 Å². The summed E-state index contributed by atoms with van der Waals surface area (Å²) in [5, 5.41) is 8.04. The van der Waals surface area contributed by atoms with Crippen molar-refractivity contribution < 1.29 is 9.13 Å². The van der Waals surface area contributed by atoms with Crippen LogP contribution in [0.2, 0.25) is 0 Å². The zero-order chi connectivity index (χ0) is 17.1. The summed E-state index contributed by atoms with van der Waals surface area (Å²) in [6, 6.07) is 16.9. The fraction of sp³-hybridized carbons (Fsp3) is 0.250. The standard InChI is InChI=1S/C20H20FN3O/c21-19-4-2-1-3-16(19)14-25-18-7-5-15(6-8-18)20-10-12-24(23-20)17-9-11-22-13-17/h1-8,10,12,17,22H,9,11,13-14H2.